The van der Waals surface area contributed by atoms with E-state index in [2.05, 4.69) is 15.2 Å². The lowest BCUT2D eigenvalue weighted by atomic mass is 10.0. The van der Waals surface area contributed by atoms with Gasteiger partial charge in [-0.15, -0.1) is 0 Å². The van der Waals surface area contributed by atoms with Crippen LogP contribution in [0.25, 0.3) is 11.4 Å². The lowest BCUT2D eigenvalue weighted by molar-refractivity contribution is 0.0256. The molecule has 0 aliphatic carbocycles. The Morgan fingerprint density at radius 3 is 2.46 bits per heavy atom. The van der Waals surface area contributed by atoms with Crippen molar-refractivity contribution in [3.05, 3.63) is 64.7 Å². The summed E-state index contributed by atoms with van der Waals surface area (Å²) in [6, 6.07) is 3.69. The van der Waals surface area contributed by atoms with E-state index in [1.165, 1.54) is 34.3 Å². The summed E-state index contributed by atoms with van der Waals surface area (Å²) >= 11 is 0. The van der Waals surface area contributed by atoms with Crippen LogP contribution >= 0.6 is 0 Å². The number of halogens is 3. The summed E-state index contributed by atoms with van der Waals surface area (Å²) in [7, 11) is 1.79. The molecule has 35 heavy (non-hydrogen) atoms. The third kappa shape index (κ3) is 4.22. The molecule has 0 radical (unpaired) electrons. The molecule has 1 fully saturated rings. The molecule has 4 heterocycles. The van der Waals surface area contributed by atoms with Crippen molar-refractivity contribution in [3.63, 3.8) is 0 Å². The predicted octanol–water partition coefficient (Wildman–Crippen LogP) is 4.13. The average Bonchev–Trinajstić information content (AvgIpc) is 3.35. The fourth-order valence-electron chi connectivity index (χ4n) is 4.40. The zero-order chi connectivity index (χ0) is 24.9. The number of aryl methyl sites for hydroxylation is 2. The summed E-state index contributed by atoms with van der Waals surface area (Å²) in [6.45, 7) is 4.25. The van der Waals surface area contributed by atoms with E-state index < -0.39 is 35.6 Å². The standard InChI is InChI=1S/C24H23F3N6O2/c1-13-14(2)30-31(3)23(13)20-9-22(19(27)10-28-20)35-18-11-32(12-18)24(34)33-21(4-5-29-33)15-6-16(25)8-17(26)7-15/h5-10,18,21H,4,11-12H2,1-3H3/t21-/m0/s1. The van der Waals surface area contributed by atoms with E-state index in [9.17, 15) is 18.0 Å². The summed E-state index contributed by atoms with van der Waals surface area (Å²) in [5.41, 5.74) is 3.43. The molecule has 11 heteroatoms. The number of aromatic nitrogens is 3. The molecule has 0 unspecified atom stereocenters. The normalized spacial score (nSPS) is 17.7. The number of carbonyl (C=O) groups is 1. The van der Waals surface area contributed by atoms with Crippen LogP contribution in [-0.4, -0.2) is 56.1 Å². The topological polar surface area (TPSA) is 75.8 Å². The van der Waals surface area contributed by atoms with Crippen molar-refractivity contribution in [2.24, 2.45) is 12.1 Å². The molecule has 1 aromatic carbocycles. The van der Waals surface area contributed by atoms with Gasteiger partial charge in [0.1, 0.15) is 17.7 Å². The summed E-state index contributed by atoms with van der Waals surface area (Å²) in [6.07, 6.45) is 2.57. The largest absolute Gasteiger partial charge is 0.483 e. The first kappa shape index (κ1) is 22.9. The van der Waals surface area contributed by atoms with E-state index in [1.54, 1.807) is 11.7 Å². The predicted molar refractivity (Wildman–Crippen MR) is 121 cm³/mol. The average molecular weight is 484 g/mol. The Balaban J connectivity index is 1.26. The van der Waals surface area contributed by atoms with E-state index in [0.717, 1.165) is 29.2 Å². The molecule has 2 aromatic heterocycles. The number of pyridine rings is 1. The fraction of sp³-hybridized carbons (Fsp3) is 0.333. The van der Waals surface area contributed by atoms with Crippen LogP contribution in [0.1, 0.15) is 29.3 Å². The summed E-state index contributed by atoms with van der Waals surface area (Å²) in [5, 5.41) is 9.68. The second-order valence-corrected chi connectivity index (χ2v) is 8.71. The van der Waals surface area contributed by atoms with E-state index in [4.69, 9.17) is 4.74 Å². The first-order valence-corrected chi connectivity index (χ1v) is 11.1. The van der Waals surface area contributed by atoms with Crippen LogP contribution in [0, 0.1) is 31.3 Å². The number of carbonyl (C=O) groups excluding carboxylic acids is 1. The maximum atomic E-state index is 14.4. The van der Waals surface area contributed by atoms with Crippen LogP contribution in [0.4, 0.5) is 18.0 Å². The molecule has 2 aliphatic rings. The van der Waals surface area contributed by atoms with Gasteiger partial charge in [0.15, 0.2) is 11.6 Å². The molecule has 1 atom stereocenters. The zero-order valence-electron chi connectivity index (χ0n) is 19.4. The van der Waals surface area contributed by atoms with Gasteiger partial charge in [0.2, 0.25) is 0 Å². The van der Waals surface area contributed by atoms with Gasteiger partial charge in [0, 0.05) is 31.8 Å². The molecule has 5 rings (SSSR count). The van der Waals surface area contributed by atoms with Crippen molar-refractivity contribution >= 4 is 12.2 Å². The number of hydrogen-bond acceptors (Lipinski definition) is 5. The molecule has 0 spiro atoms. The summed E-state index contributed by atoms with van der Waals surface area (Å²) in [4.78, 5) is 18.6. The van der Waals surface area contributed by atoms with Crippen molar-refractivity contribution in [1.82, 2.24) is 24.7 Å². The van der Waals surface area contributed by atoms with Gasteiger partial charge in [-0.1, -0.05) is 0 Å². The maximum Gasteiger partial charge on any atom is 0.341 e. The highest BCUT2D eigenvalue weighted by Crippen LogP contribution is 2.33. The van der Waals surface area contributed by atoms with Crippen molar-refractivity contribution in [2.75, 3.05) is 13.1 Å². The number of hydrogen-bond donors (Lipinski definition) is 0. The van der Waals surface area contributed by atoms with Gasteiger partial charge in [0.25, 0.3) is 0 Å². The number of ether oxygens (including phenoxy) is 1. The van der Waals surface area contributed by atoms with E-state index in [1.807, 2.05) is 13.8 Å². The van der Waals surface area contributed by atoms with Gasteiger partial charge < -0.3 is 9.64 Å². The third-order valence-corrected chi connectivity index (χ3v) is 6.29. The summed E-state index contributed by atoms with van der Waals surface area (Å²) < 4.78 is 49.3. The van der Waals surface area contributed by atoms with Crippen molar-refractivity contribution in [2.45, 2.75) is 32.4 Å². The number of urea groups is 1. The van der Waals surface area contributed by atoms with E-state index in [0.29, 0.717) is 17.7 Å². The minimum Gasteiger partial charge on any atom is -0.483 e. The van der Waals surface area contributed by atoms with E-state index >= 15 is 0 Å². The van der Waals surface area contributed by atoms with E-state index in [-0.39, 0.29) is 18.8 Å². The van der Waals surface area contributed by atoms with Crippen LogP contribution < -0.4 is 4.74 Å². The van der Waals surface area contributed by atoms with Crippen LogP contribution in [0.5, 0.6) is 5.75 Å². The Morgan fingerprint density at radius 1 is 1.09 bits per heavy atom. The van der Waals surface area contributed by atoms with Gasteiger partial charge in [0.05, 0.1) is 42.4 Å². The lowest BCUT2D eigenvalue weighted by Gasteiger charge is -2.41. The van der Waals surface area contributed by atoms with Gasteiger partial charge in [-0.2, -0.15) is 10.2 Å². The number of benzene rings is 1. The van der Waals surface area contributed by atoms with Crippen molar-refractivity contribution < 1.29 is 22.7 Å². The number of hydrazone groups is 1. The van der Waals surface area contributed by atoms with Crippen LogP contribution in [0.15, 0.2) is 35.6 Å². The number of amides is 2. The maximum absolute atomic E-state index is 14.4. The zero-order valence-corrected chi connectivity index (χ0v) is 19.4. The van der Waals surface area contributed by atoms with Gasteiger partial charge in [-0.05, 0) is 37.1 Å². The fourth-order valence-corrected chi connectivity index (χ4v) is 4.40. The number of nitrogens with zero attached hydrogens (tertiary/aromatic N) is 6. The third-order valence-electron chi connectivity index (χ3n) is 6.29. The second kappa shape index (κ2) is 8.71. The highest BCUT2D eigenvalue weighted by molar-refractivity contribution is 5.79. The quantitative estimate of drug-likeness (QED) is 0.558. The van der Waals surface area contributed by atoms with Crippen LogP contribution in [0.3, 0.4) is 0 Å². The Bertz CT molecular complexity index is 1310. The van der Waals surface area contributed by atoms with Crippen molar-refractivity contribution in [1.29, 1.82) is 0 Å². The monoisotopic (exact) mass is 484 g/mol. The molecule has 0 saturated carbocycles. The van der Waals surface area contributed by atoms with Crippen LogP contribution in [0.2, 0.25) is 0 Å². The second-order valence-electron chi connectivity index (χ2n) is 8.71. The number of rotatable bonds is 4. The molecule has 8 nitrogen and oxygen atoms in total. The first-order valence-electron chi connectivity index (χ1n) is 11.1. The highest BCUT2D eigenvalue weighted by Gasteiger charge is 2.39. The van der Waals surface area contributed by atoms with Gasteiger partial charge in [-0.3, -0.25) is 9.67 Å². The molecular formula is C24H23F3N6O2. The Kier molecular flexibility index (Phi) is 5.70. The molecule has 182 valence electrons. The highest BCUT2D eigenvalue weighted by atomic mass is 19.1. The Labute approximate surface area is 199 Å². The molecule has 1 saturated heterocycles. The number of likely N-dealkylation sites (tertiary alicyclic amines) is 1. The molecule has 2 aliphatic heterocycles. The SMILES string of the molecule is Cc1nn(C)c(-c2cc(OC3CN(C(=O)N4N=CC[C@H]4c4cc(F)cc(F)c4)C3)c(F)cn2)c1C. The molecule has 0 bridgehead atoms. The van der Waals surface area contributed by atoms with Crippen LogP contribution in [-0.2, 0) is 7.05 Å². The molecular weight excluding hydrogens is 461 g/mol. The minimum atomic E-state index is -0.716. The van der Waals surface area contributed by atoms with Crippen molar-refractivity contribution in [3.8, 4) is 17.1 Å². The van der Waals surface area contributed by atoms with Gasteiger partial charge >= 0.3 is 6.03 Å². The van der Waals surface area contributed by atoms with Gasteiger partial charge in [-0.25, -0.2) is 23.0 Å². The minimum absolute atomic E-state index is 0.0395. The lowest BCUT2D eigenvalue weighted by Crippen LogP contribution is -2.58. The molecule has 2 amide bonds. The Morgan fingerprint density at radius 2 is 1.80 bits per heavy atom. The summed E-state index contributed by atoms with van der Waals surface area (Å²) in [5.74, 6) is -2.00. The molecule has 3 aromatic rings. The first-order chi connectivity index (χ1) is 16.7. The molecule has 0 N–H and O–H groups in total. The Hall–Kier alpha value is -3.89. The smallest absolute Gasteiger partial charge is 0.341 e.